The van der Waals surface area contributed by atoms with Gasteiger partial charge in [0.25, 0.3) is 11.2 Å². The molecule has 0 radical (unpaired) electrons. The largest absolute Gasteiger partial charge is 0.456 e. The van der Waals surface area contributed by atoms with Gasteiger partial charge in [0.1, 0.15) is 17.3 Å². The van der Waals surface area contributed by atoms with Gasteiger partial charge in [-0.3, -0.25) is 14.9 Å². The van der Waals surface area contributed by atoms with Crippen molar-refractivity contribution in [2.75, 3.05) is 5.84 Å². The Morgan fingerprint density at radius 2 is 1.71 bits per heavy atom. The first-order chi connectivity index (χ1) is 14.4. The fraction of sp³-hybridized carbons (Fsp3) is 0.0588. The Kier molecular flexibility index (Phi) is 5.46. The number of nitrogens with two attached hydrogens (primary N) is 1. The molecule has 0 saturated heterocycles. The van der Waals surface area contributed by atoms with Crippen molar-refractivity contribution in [3.8, 4) is 17.2 Å². The van der Waals surface area contributed by atoms with Crippen LogP contribution in [0.3, 0.4) is 0 Å². The number of hydrogen-bond donors (Lipinski definition) is 1. The molecule has 31 heavy (non-hydrogen) atoms. The van der Waals surface area contributed by atoms with Gasteiger partial charge in [0.05, 0.1) is 15.6 Å². The van der Waals surface area contributed by atoms with Gasteiger partial charge in [0.2, 0.25) is 0 Å². The van der Waals surface area contributed by atoms with Gasteiger partial charge in [0, 0.05) is 24.3 Å². The third-order valence-corrected chi connectivity index (χ3v) is 4.24. The zero-order valence-electron chi connectivity index (χ0n) is 14.9. The zero-order chi connectivity index (χ0) is 23.1. The van der Waals surface area contributed by atoms with Crippen molar-refractivity contribution < 1.29 is 27.2 Å². The number of ether oxygens (including phenoxy) is 1. The number of nitro groups is 1. The minimum absolute atomic E-state index is 0.0288. The van der Waals surface area contributed by atoms with Crippen LogP contribution in [-0.4, -0.2) is 14.2 Å². The molecule has 0 aliphatic rings. The van der Waals surface area contributed by atoms with Crippen LogP contribution >= 0.6 is 11.6 Å². The normalized spacial score (nSPS) is 11.4. The van der Waals surface area contributed by atoms with E-state index < -0.39 is 39.5 Å². The Morgan fingerprint density at radius 3 is 2.26 bits per heavy atom. The molecule has 1 heterocycles. The van der Waals surface area contributed by atoms with Gasteiger partial charge in [-0.25, -0.2) is 18.4 Å². The van der Waals surface area contributed by atoms with E-state index in [0.717, 1.165) is 18.2 Å². The smallest absolute Gasteiger partial charge is 0.433 e. The molecular weight excluding hydrogens is 452 g/mol. The van der Waals surface area contributed by atoms with Crippen molar-refractivity contribution in [2.45, 2.75) is 6.18 Å². The molecule has 1 aromatic heterocycles. The number of nitro benzene ring substituents is 1. The lowest BCUT2D eigenvalue weighted by atomic mass is 10.2. The van der Waals surface area contributed by atoms with Gasteiger partial charge >= 0.3 is 11.9 Å². The molecule has 3 aromatic rings. The van der Waals surface area contributed by atoms with Gasteiger partial charge < -0.3 is 10.6 Å². The fourth-order valence-corrected chi connectivity index (χ4v) is 2.72. The number of hydrogen-bond acceptors (Lipinski definition) is 6. The summed E-state index contributed by atoms with van der Waals surface area (Å²) in [6.45, 7) is 0. The monoisotopic (exact) mass is 460 g/mol. The van der Waals surface area contributed by atoms with Crippen LogP contribution in [0, 0.1) is 15.9 Å². The third-order valence-electron chi connectivity index (χ3n) is 3.95. The Bertz CT molecular complexity index is 1300. The van der Waals surface area contributed by atoms with E-state index in [9.17, 15) is 37.3 Å². The SMILES string of the molecule is Nn1c(C(F)(F)F)cc(=O)n(-c2cc(Oc3ccc([N+](=O)[O-])cc3)c(Cl)cc2F)c1=O. The van der Waals surface area contributed by atoms with Crippen LogP contribution in [-0.2, 0) is 6.18 Å². The molecule has 2 N–H and O–H groups in total. The average Bonchev–Trinajstić information content (AvgIpc) is 2.67. The summed E-state index contributed by atoms with van der Waals surface area (Å²) in [6.07, 6.45) is -5.10. The van der Waals surface area contributed by atoms with Crippen LogP contribution in [0.4, 0.5) is 23.2 Å². The number of non-ortho nitro benzene ring substituents is 1. The molecule has 0 saturated carbocycles. The Balaban J connectivity index is 2.12. The second-order valence-electron chi connectivity index (χ2n) is 5.94. The van der Waals surface area contributed by atoms with Crippen molar-refractivity contribution in [1.29, 1.82) is 0 Å². The number of benzene rings is 2. The van der Waals surface area contributed by atoms with Crippen molar-refractivity contribution in [3.05, 3.63) is 90.0 Å². The summed E-state index contributed by atoms with van der Waals surface area (Å²) >= 11 is 5.90. The van der Waals surface area contributed by atoms with E-state index in [4.69, 9.17) is 22.2 Å². The quantitative estimate of drug-likeness (QED) is 0.276. The van der Waals surface area contributed by atoms with Crippen molar-refractivity contribution in [3.63, 3.8) is 0 Å². The van der Waals surface area contributed by atoms with E-state index in [1.165, 1.54) is 12.1 Å². The fourth-order valence-electron chi connectivity index (χ4n) is 2.53. The first-order valence-electron chi connectivity index (χ1n) is 8.03. The second-order valence-corrected chi connectivity index (χ2v) is 6.35. The number of nitrogen functional groups attached to an aromatic ring is 1. The molecule has 0 bridgehead atoms. The molecule has 14 heteroatoms. The van der Waals surface area contributed by atoms with E-state index >= 15 is 0 Å². The second kappa shape index (κ2) is 7.75. The highest BCUT2D eigenvalue weighted by atomic mass is 35.5. The first kappa shape index (κ1) is 21.8. The van der Waals surface area contributed by atoms with Crippen molar-refractivity contribution >= 4 is 17.3 Å². The summed E-state index contributed by atoms with van der Waals surface area (Å²) < 4.78 is 58.3. The van der Waals surface area contributed by atoms with E-state index in [1.807, 2.05) is 0 Å². The number of rotatable bonds is 4. The number of alkyl halides is 3. The molecule has 0 fully saturated rings. The van der Waals surface area contributed by atoms with E-state index in [2.05, 4.69) is 0 Å². The van der Waals surface area contributed by atoms with Gasteiger partial charge in [-0.2, -0.15) is 13.2 Å². The summed E-state index contributed by atoms with van der Waals surface area (Å²) in [4.78, 5) is 34.5. The van der Waals surface area contributed by atoms with Gasteiger partial charge in [-0.15, -0.1) is 0 Å². The lowest BCUT2D eigenvalue weighted by Gasteiger charge is -2.15. The van der Waals surface area contributed by atoms with Crippen molar-refractivity contribution in [2.24, 2.45) is 0 Å². The first-order valence-corrected chi connectivity index (χ1v) is 8.41. The molecule has 0 unspecified atom stereocenters. The third kappa shape index (κ3) is 4.21. The lowest BCUT2D eigenvalue weighted by molar-refractivity contribution is -0.384. The topological polar surface area (TPSA) is 122 Å². The minimum atomic E-state index is -5.10. The molecule has 0 aliphatic carbocycles. The van der Waals surface area contributed by atoms with E-state index in [-0.39, 0.29) is 37.5 Å². The predicted molar refractivity (Wildman–Crippen MR) is 99.6 cm³/mol. The van der Waals surface area contributed by atoms with Gasteiger partial charge in [0.15, 0.2) is 5.69 Å². The molecule has 0 spiro atoms. The van der Waals surface area contributed by atoms with Crippen molar-refractivity contribution in [1.82, 2.24) is 9.24 Å². The average molecular weight is 461 g/mol. The number of halogens is 5. The lowest BCUT2D eigenvalue weighted by Crippen LogP contribution is -2.45. The van der Waals surface area contributed by atoms with Crippen LogP contribution in [0.25, 0.3) is 5.69 Å². The minimum Gasteiger partial charge on any atom is -0.456 e. The molecule has 3 rings (SSSR count). The molecule has 162 valence electrons. The summed E-state index contributed by atoms with van der Waals surface area (Å²) in [6, 6.07) is 6.13. The van der Waals surface area contributed by atoms with E-state index in [1.54, 1.807) is 0 Å². The Labute approximate surface area is 173 Å². The highest BCUT2D eigenvalue weighted by Gasteiger charge is 2.36. The zero-order valence-corrected chi connectivity index (χ0v) is 15.6. The summed E-state index contributed by atoms with van der Waals surface area (Å²) in [5, 5.41) is 10.4. The van der Waals surface area contributed by atoms with Gasteiger partial charge in [-0.05, 0) is 18.2 Å². The molecule has 0 aliphatic heterocycles. The summed E-state index contributed by atoms with van der Waals surface area (Å²) in [7, 11) is 0. The summed E-state index contributed by atoms with van der Waals surface area (Å²) in [5.74, 6) is 3.66. The maximum absolute atomic E-state index is 14.4. The molecule has 9 nitrogen and oxygen atoms in total. The van der Waals surface area contributed by atoms with E-state index in [0.29, 0.717) is 6.07 Å². The highest BCUT2D eigenvalue weighted by Crippen LogP contribution is 2.33. The molecule has 0 amide bonds. The highest BCUT2D eigenvalue weighted by molar-refractivity contribution is 6.32. The van der Waals surface area contributed by atoms with Gasteiger partial charge in [-0.1, -0.05) is 11.6 Å². The van der Waals surface area contributed by atoms with Crippen LogP contribution in [0.15, 0.2) is 52.1 Å². The Hall–Kier alpha value is -3.87. The van der Waals surface area contributed by atoms with Crippen LogP contribution in [0.2, 0.25) is 5.02 Å². The van der Waals surface area contributed by atoms with Crippen LogP contribution in [0.1, 0.15) is 5.69 Å². The molecule has 2 aromatic carbocycles. The standard InChI is InChI=1S/C17H9ClF4N4O5/c18-10-5-11(19)12(6-13(10)31-9-3-1-8(2-4-9)26(29)30)24-15(27)7-14(17(20,21)22)25(23)16(24)28/h1-7H,23H2. The number of nitrogens with zero attached hydrogens (tertiary/aromatic N) is 3. The summed E-state index contributed by atoms with van der Waals surface area (Å²) in [5.41, 5.74) is -5.90. The Morgan fingerprint density at radius 1 is 1.10 bits per heavy atom. The van der Waals surface area contributed by atoms with Crippen LogP contribution < -0.4 is 21.8 Å². The molecular formula is C17H9ClF4N4O5. The number of aromatic nitrogens is 2. The van der Waals surface area contributed by atoms with Crippen LogP contribution in [0.5, 0.6) is 11.5 Å². The maximum Gasteiger partial charge on any atom is 0.433 e. The predicted octanol–water partition coefficient (Wildman–Crippen LogP) is 3.22. The molecule has 0 atom stereocenters. The maximum atomic E-state index is 14.4.